The Bertz CT molecular complexity index is 1180. The Hall–Kier alpha value is -2.65. The van der Waals surface area contributed by atoms with Crippen LogP contribution in [0.4, 0.5) is 0 Å². The van der Waals surface area contributed by atoms with Gasteiger partial charge in [-0.05, 0) is 78.4 Å². The fraction of sp³-hybridized carbons (Fsp3) is 0.861. The molecular formula is C36H56O10. The van der Waals surface area contributed by atoms with Crippen LogP contribution in [0.25, 0.3) is 0 Å². The van der Waals surface area contributed by atoms with Crippen LogP contribution in [0.5, 0.6) is 0 Å². The topological polar surface area (TPSA) is 132 Å². The van der Waals surface area contributed by atoms with Crippen molar-refractivity contribution < 1.29 is 47.7 Å². The highest BCUT2D eigenvalue weighted by molar-refractivity contribution is 5.75. The predicted octanol–water partition coefficient (Wildman–Crippen LogP) is 5.67. The highest BCUT2D eigenvalue weighted by Crippen LogP contribution is 2.66. The Morgan fingerprint density at radius 2 is 1.33 bits per heavy atom. The van der Waals surface area contributed by atoms with Crippen LogP contribution in [0.3, 0.4) is 0 Å². The van der Waals surface area contributed by atoms with Gasteiger partial charge >= 0.3 is 29.8 Å². The summed E-state index contributed by atoms with van der Waals surface area (Å²) < 4.78 is 29.3. The first-order valence-electron chi connectivity index (χ1n) is 17.3. The number of hydrogen-bond acceptors (Lipinski definition) is 10. The van der Waals surface area contributed by atoms with Crippen molar-refractivity contribution in [3.8, 4) is 0 Å². The monoisotopic (exact) mass is 648 g/mol. The van der Waals surface area contributed by atoms with Gasteiger partial charge in [0.1, 0.15) is 24.4 Å². The molecule has 13 atom stereocenters. The molecule has 0 aromatic rings. The van der Waals surface area contributed by atoms with Crippen molar-refractivity contribution in [1.29, 1.82) is 0 Å². The number of cyclic esters (lactones) is 1. The zero-order valence-corrected chi connectivity index (χ0v) is 29.5. The first-order chi connectivity index (χ1) is 21.4. The summed E-state index contributed by atoms with van der Waals surface area (Å²) in [6.45, 7) is 18.6. The van der Waals surface area contributed by atoms with Gasteiger partial charge in [-0.25, -0.2) is 0 Å². The van der Waals surface area contributed by atoms with E-state index in [1.54, 1.807) is 0 Å². The van der Waals surface area contributed by atoms with Crippen LogP contribution in [0.15, 0.2) is 0 Å². The molecule has 4 aliphatic rings. The Labute approximate surface area is 274 Å². The van der Waals surface area contributed by atoms with Crippen LogP contribution in [0.1, 0.15) is 108 Å². The summed E-state index contributed by atoms with van der Waals surface area (Å²) in [4.78, 5) is 62.4. The number of hydrogen-bond donors (Lipinski definition) is 0. The van der Waals surface area contributed by atoms with Gasteiger partial charge in [0.15, 0.2) is 0 Å². The molecule has 0 amide bonds. The molecule has 10 nitrogen and oxygen atoms in total. The molecule has 46 heavy (non-hydrogen) atoms. The Morgan fingerprint density at radius 3 is 1.89 bits per heavy atom. The van der Waals surface area contributed by atoms with E-state index in [9.17, 15) is 24.0 Å². The lowest BCUT2D eigenvalue weighted by molar-refractivity contribution is -0.189. The zero-order valence-electron chi connectivity index (χ0n) is 29.5. The molecule has 3 saturated carbocycles. The molecular weight excluding hydrogens is 592 g/mol. The molecule has 1 heterocycles. The third-order valence-electron chi connectivity index (χ3n) is 12.7. The third kappa shape index (κ3) is 6.96. The fourth-order valence-corrected chi connectivity index (χ4v) is 10.3. The average Bonchev–Trinajstić information content (AvgIpc) is 3.25. The summed E-state index contributed by atoms with van der Waals surface area (Å²) in [6.07, 6.45) is 1.82. The van der Waals surface area contributed by atoms with Gasteiger partial charge in [0.25, 0.3) is 0 Å². The molecule has 0 aromatic heterocycles. The Kier molecular flexibility index (Phi) is 10.9. The molecule has 0 bridgehead atoms. The molecule has 10 heteroatoms. The van der Waals surface area contributed by atoms with Crippen molar-refractivity contribution >= 4 is 29.8 Å². The maximum absolute atomic E-state index is 13.6. The van der Waals surface area contributed by atoms with E-state index in [-0.39, 0.29) is 59.2 Å². The van der Waals surface area contributed by atoms with E-state index in [4.69, 9.17) is 23.7 Å². The maximum Gasteiger partial charge on any atom is 0.309 e. The summed E-state index contributed by atoms with van der Waals surface area (Å²) in [6, 6.07) is 0. The normalized spacial score (nSPS) is 38.0. The molecule has 4 fully saturated rings. The van der Waals surface area contributed by atoms with Crippen LogP contribution < -0.4 is 0 Å². The molecule has 1 saturated heterocycles. The number of esters is 5. The van der Waals surface area contributed by atoms with Crippen LogP contribution >= 0.6 is 0 Å². The average molecular weight is 649 g/mol. The number of rotatable bonds is 9. The van der Waals surface area contributed by atoms with Gasteiger partial charge in [-0.2, -0.15) is 0 Å². The standard InChI is InChI=1S/C36H56O10/c1-18(2)19(3)32(45-23(7)39)33(46-24(8)40)20(4)26-11-12-27-25-17-42-34(41)29-15-30(43-21(5)37)31(44-22(6)38)16-36(29,10)28(25)13-14-35(26,27)9/h18-20,25-33H,11-17H2,1-10H3/t19-,20-,25?,26?,27?,28?,29?,30-,31+,32+,33+,35+,36+/m0/s1. The highest BCUT2D eigenvalue weighted by Gasteiger charge is 2.64. The highest BCUT2D eigenvalue weighted by atomic mass is 16.6. The van der Waals surface area contributed by atoms with E-state index in [0.29, 0.717) is 13.0 Å². The van der Waals surface area contributed by atoms with Crippen molar-refractivity contribution in [3.05, 3.63) is 0 Å². The van der Waals surface area contributed by atoms with Crippen molar-refractivity contribution in [2.45, 2.75) is 132 Å². The summed E-state index contributed by atoms with van der Waals surface area (Å²) in [5.74, 6) is -1.66. The third-order valence-corrected chi connectivity index (χ3v) is 12.7. The van der Waals surface area contributed by atoms with Crippen molar-refractivity contribution in [2.24, 2.45) is 58.2 Å². The Balaban J connectivity index is 1.65. The van der Waals surface area contributed by atoms with Crippen LogP contribution in [-0.4, -0.2) is 60.9 Å². The summed E-state index contributed by atoms with van der Waals surface area (Å²) in [5, 5.41) is 0. The zero-order chi connectivity index (χ0) is 34.3. The van der Waals surface area contributed by atoms with Gasteiger partial charge in [-0.1, -0.05) is 41.5 Å². The van der Waals surface area contributed by atoms with Crippen LogP contribution in [0, 0.1) is 58.2 Å². The van der Waals surface area contributed by atoms with E-state index in [0.717, 1.165) is 25.7 Å². The smallest absolute Gasteiger partial charge is 0.309 e. The summed E-state index contributed by atoms with van der Waals surface area (Å²) in [5.41, 5.74) is -0.624. The molecule has 1 aliphatic heterocycles. The van der Waals surface area contributed by atoms with Gasteiger partial charge in [-0.3, -0.25) is 24.0 Å². The minimum atomic E-state index is -0.703. The first kappa shape index (κ1) is 36.2. The van der Waals surface area contributed by atoms with Gasteiger partial charge in [-0.15, -0.1) is 0 Å². The van der Waals surface area contributed by atoms with Crippen molar-refractivity contribution in [3.63, 3.8) is 0 Å². The van der Waals surface area contributed by atoms with Crippen LogP contribution in [0.2, 0.25) is 0 Å². The number of ether oxygens (including phenoxy) is 5. The number of carbonyl (C=O) groups is 5. The maximum atomic E-state index is 13.6. The summed E-state index contributed by atoms with van der Waals surface area (Å²) >= 11 is 0. The van der Waals surface area contributed by atoms with Crippen LogP contribution in [-0.2, 0) is 47.7 Å². The van der Waals surface area contributed by atoms with E-state index < -0.39 is 59.6 Å². The summed E-state index contributed by atoms with van der Waals surface area (Å²) in [7, 11) is 0. The number of carbonyl (C=O) groups excluding carboxylic acids is 5. The van der Waals surface area contributed by atoms with Gasteiger partial charge in [0.2, 0.25) is 0 Å². The SMILES string of the molecule is CC(=O)O[C@@H]([C@H](OC(C)=O)[C@@H](C)C1CCC2C3COC(=O)C4C[C@H](OC(C)=O)[C@H](OC(C)=O)C[C@]4(C)C3CC[C@@]21C)[C@@H](C)C(C)C. The molecule has 3 aliphatic carbocycles. The van der Waals surface area contributed by atoms with Crippen molar-refractivity contribution in [2.75, 3.05) is 6.61 Å². The van der Waals surface area contributed by atoms with Crippen molar-refractivity contribution in [1.82, 2.24) is 0 Å². The van der Waals surface area contributed by atoms with E-state index in [1.165, 1.54) is 27.7 Å². The molecule has 5 unspecified atom stereocenters. The second-order valence-corrected chi connectivity index (χ2v) is 15.6. The molecule has 0 spiro atoms. The van der Waals surface area contributed by atoms with E-state index in [2.05, 4.69) is 34.6 Å². The van der Waals surface area contributed by atoms with E-state index in [1.807, 2.05) is 6.92 Å². The number of fused-ring (bicyclic) bond motifs is 5. The molecule has 0 aromatic carbocycles. The lowest BCUT2D eigenvalue weighted by atomic mass is 9.48. The fourth-order valence-electron chi connectivity index (χ4n) is 10.3. The lowest BCUT2D eigenvalue weighted by Gasteiger charge is -2.56. The molecule has 4 rings (SSSR count). The van der Waals surface area contributed by atoms with Gasteiger partial charge < -0.3 is 23.7 Å². The quantitative estimate of drug-likeness (QED) is 0.228. The second-order valence-electron chi connectivity index (χ2n) is 15.6. The minimum absolute atomic E-state index is 0.0260. The largest absolute Gasteiger partial charge is 0.465 e. The molecule has 0 N–H and O–H groups in total. The lowest BCUT2D eigenvalue weighted by Crippen LogP contribution is -2.56. The predicted molar refractivity (Wildman–Crippen MR) is 168 cm³/mol. The van der Waals surface area contributed by atoms with Gasteiger partial charge in [0, 0.05) is 40.0 Å². The first-order valence-corrected chi connectivity index (χ1v) is 17.3. The van der Waals surface area contributed by atoms with Gasteiger partial charge in [0.05, 0.1) is 12.5 Å². The minimum Gasteiger partial charge on any atom is -0.465 e. The Morgan fingerprint density at radius 1 is 0.761 bits per heavy atom. The second kappa shape index (κ2) is 13.8. The van der Waals surface area contributed by atoms with E-state index >= 15 is 0 Å². The molecule has 0 radical (unpaired) electrons. The molecule has 260 valence electrons.